The molecule has 0 saturated carbocycles. The first-order valence-corrected chi connectivity index (χ1v) is 12.3. The molecule has 0 N–H and O–H groups in total. The molecule has 0 aliphatic heterocycles. The number of halogens is 2. The molecule has 0 unspecified atom stereocenters. The minimum absolute atomic E-state index is 0. The lowest BCUT2D eigenvalue weighted by Gasteiger charge is -2.21. The second-order valence-electron chi connectivity index (χ2n) is 7.08. The van der Waals surface area contributed by atoms with E-state index in [1.54, 1.807) is 30.2 Å². The molecule has 0 atom stereocenters. The third kappa shape index (κ3) is 7.64. The van der Waals surface area contributed by atoms with E-state index in [1.165, 1.54) is 0 Å². The van der Waals surface area contributed by atoms with Crippen LogP contribution in [0.2, 0.25) is 0 Å². The van der Waals surface area contributed by atoms with Gasteiger partial charge in [-0.3, -0.25) is 9.69 Å². The van der Waals surface area contributed by atoms with E-state index < -0.39 is 0 Å². The summed E-state index contributed by atoms with van der Waals surface area (Å²) in [5.74, 6) is 1.68. The molecule has 0 aliphatic rings. The Morgan fingerprint density at radius 3 is 2.58 bits per heavy atom. The standard InChI is InChI=1S/C22H26BrN3O2S2.ClH/c1-25(2)12-4-13-26(22-24-19-10-5-16(23)15-20(19)30-22)21(27)11-14-29-18-8-6-17(28-3)7-9-18;/h5-10,15H,4,11-14H2,1-3H3;1H. The van der Waals surface area contributed by atoms with E-state index in [-0.39, 0.29) is 18.3 Å². The zero-order valence-electron chi connectivity index (χ0n) is 17.8. The normalized spacial score (nSPS) is 10.9. The number of thiazole rings is 1. The zero-order valence-corrected chi connectivity index (χ0v) is 21.9. The van der Waals surface area contributed by atoms with Gasteiger partial charge in [-0.1, -0.05) is 27.3 Å². The number of nitrogens with zero attached hydrogens (tertiary/aromatic N) is 3. The Morgan fingerprint density at radius 1 is 1.16 bits per heavy atom. The molecule has 3 rings (SSSR count). The van der Waals surface area contributed by atoms with Crippen LogP contribution in [0.1, 0.15) is 12.8 Å². The van der Waals surface area contributed by atoms with Crippen LogP contribution in [-0.2, 0) is 4.79 Å². The lowest BCUT2D eigenvalue weighted by atomic mass is 10.3. The van der Waals surface area contributed by atoms with Crippen molar-refractivity contribution in [3.63, 3.8) is 0 Å². The first-order chi connectivity index (χ1) is 14.5. The number of rotatable bonds is 10. The third-order valence-corrected chi connectivity index (χ3v) is 7.05. The maximum Gasteiger partial charge on any atom is 0.229 e. The van der Waals surface area contributed by atoms with Gasteiger partial charge in [-0.05, 0) is 69.5 Å². The van der Waals surface area contributed by atoms with Gasteiger partial charge in [0.25, 0.3) is 0 Å². The van der Waals surface area contributed by atoms with Crippen LogP contribution in [0.5, 0.6) is 5.75 Å². The summed E-state index contributed by atoms with van der Waals surface area (Å²) in [5.41, 5.74) is 0.927. The van der Waals surface area contributed by atoms with Crippen molar-refractivity contribution in [3.8, 4) is 5.75 Å². The van der Waals surface area contributed by atoms with E-state index in [9.17, 15) is 4.79 Å². The van der Waals surface area contributed by atoms with Crippen molar-refractivity contribution in [1.82, 2.24) is 9.88 Å². The molecular formula is C22H27BrClN3O2S2. The molecule has 31 heavy (non-hydrogen) atoms. The Hall–Kier alpha value is -1.32. The fourth-order valence-corrected chi connectivity index (χ4v) is 5.34. The Bertz CT molecular complexity index is 983. The predicted molar refractivity (Wildman–Crippen MR) is 138 cm³/mol. The number of anilines is 1. The number of hydrogen-bond acceptors (Lipinski definition) is 6. The molecule has 0 fully saturated rings. The summed E-state index contributed by atoms with van der Waals surface area (Å²) in [7, 11) is 5.76. The third-order valence-electron chi connectivity index (χ3n) is 4.50. The fraction of sp³-hybridized carbons (Fsp3) is 0.364. The van der Waals surface area contributed by atoms with E-state index >= 15 is 0 Å². The summed E-state index contributed by atoms with van der Waals surface area (Å²) in [5, 5.41) is 0.779. The number of fused-ring (bicyclic) bond motifs is 1. The summed E-state index contributed by atoms with van der Waals surface area (Å²) in [6.07, 6.45) is 1.38. The van der Waals surface area contributed by atoms with Crippen LogP contribution in [0.4, 0.5) is 5.13 Å². The molecule has 1 amide bonds. The quantitative estimate of drug-likeness (QED) is 0.295. The van der Waals surface area contributed by atoms with Crippen LogP contribution >= 0.6 is 51.4 Å². The molecule has 3 aromatic rings. The van der Waals surface area contributed by atoms with Crippen molar-refractivity contribution in [2.24, 2.45) is 0 Å². The van der Waals surface area contributed by atoms with Crippen LogP contribution in [0.25, 0.3) is 10.2 Å². The highest BCUT2D eigenvalue weighted by atomic mass is 79.9. The average Bonchev–Trinajstić information content (AvgIpc) is 3.14. The highest BCUT2D eigenvalue weighted by Gasteiger charge is 2.19. The Labute approximate surface area is 206 Å². The van der Waals surface area contributed by atoms with Crippen LogP contribution < -0.4 is 9.64 Å². The smallest absolute Gasteiger partial charge is 0.229 e. The minimum atomic E-state index is 0. The molecule has 2 aromatic carbocycles. The van der Waals surface area contributed by atoms with Gasteiger partial charge in [-0.15, -0.1) is 24.2 Å². The molecule has 0 radical (unpaired) electrons. The molecule has 5 nitrogen and oxygen atoms in total. The van der Waals surface area contributed by atoms with E-state index in [1.807, 2.05) is 55.4 Å². The average molecular weight is 545 g/mol. The van der Waals surface area contributed by atoms with E-state index in [0.717, 1.165) is 49.2 Å². The van der Waals surface area contributed by atoms with Gasteiger partial charge in [0.2, 0.25) is 5.91 Å². The van der Waals surface area contributed by atoms with Crippen molar-refractivity contribution in [3.05, 3.63) is 46.9 Å². The van der Waals surface area contributed by atoms with E-state index in [2.05, 4.69) is 26.9 Å². The maximum atomic E-state index is 13.1. The van der Waals surface area contributed by atoms with Gasteiger partial charge in [0.05, 0.1) is 17.3 Å². The molecule has 1 heterocycles. The van der Waals surface area contributed by atoms with Crippen molar-refractivity contribution < 1.29 is 9.53 Å². The summed E-state index contributed by atoms with van der Waals surface area (Å²) in [4.78, 5) is 22.9. The number of aromatic nitrogens is 1. The monoisotopic (exact) mass is 543 g/mol. The minimum Gasteiger partial charge on any atom is -0.497 e. The van der Waals surface area contributed by atoms with E-state index in [0.29, 0.717) is 13.0 Å². The Balaban J connectivity index is 0.00000341. The van der Waals surface area contributed by atoms with Gasteiger partial charge in [-0.2, -0.15) is 0 Å². The molecule has 9 heteroatoms. The van der Waals surface area contributed by atoms with Gasteiger partial charge in [0, 0.05) is 28.1 Å². The molecule has 0 bridgehead atoms. The van der Waals surface area contributed by atoms with Crippen LogP contribution in [0.3, 0.4) is 0 Å². The van der Waals surface area contributed by atoms with Crippen LogP contribution in [-0.4, -0.2) is 55.8 Å². The number of carbonyl (C=O) groups excluding carboxylic acids is 1. The second-order valence-corrected chi connectivity index (χ2v) is 10.2. The topological polar surface area (TPSA) is 45.7 Å². The summed E-state index contributed by atoms with van der Waals surface area (Å²) >= 11 is 6.77. The molecule has 0 saturated heterocycles. The number of ether oxygens (including phenoxy) is 1. The zero-order chi connectivity index (χ0) is 21.5. The largest absolute Gasteiger partial charge is 0.497 e. The molecule has 1 aromatic heterocycles. The number of benzene rings is 2. The van der Waals surface area contributed by atoms with Gasteiger partial charge < -0.3 is 9.64 Å². The summed E-state index contributed by atoms with van der Waals surface area (Å²) in [6, 6.07) is 14.0. The SMILES string of the molecule is COc1ccc(SCCC(=O)N(CCCN(C)C)c2nc3ccc(Br)cc3s2)cc1.Cl. The van der Waals surface area contributed by atoms with Crippen molar-refractivity contribution >= 4 is 72.7 Å². The van der Waals surface area contributed by atoms with Crippen molar-refractivity contribution in [2.45, 2.75) is 17.7 Å². The number of thioether (sulfide) groups is 1. The van der Waals surface area contributed by atoms with Gasteiger partial charge in [-0.25, -0.2) is 4.98 Å². The lowest BCUT2D eigenvalue weighted by Crippen LogP contribution is -2.33. The summed E-state index contributed by atoms with van der Waals surface area (Å²) < 4.78 is 7.30. The Morgan fingerprint density at radius 2 is 1.90 bits per heavy atom. The highest BCUT2D eigenvalue weighted by molar-refractivity contribution is 9.10. The number of carbonyl (C=O) groups is 1. The van der Waals surface area contributed by atoms with Gasteiger partial charge in [0.15, 0.2) is 5.13 Å². The summed E-state index contributed by atoms with van der Waals surface area (Å²) in [6.45, 7) is 1.60. The first kappa shape index (κ1) is 25.9. The van der Waals surface area contributed by atoms with Gasteiger partial charge >= 0.3 is 0 Å². The highest BCUT2D eigenvalue weighted by Crippen LogP contribution is 2.31. The van der Waals surface area contributed by atoms with Crippen molar-refractivity contribution in [1.29, 1.82) is 0 Å². The molecule has 0 spiro atoms. The maximum absolute atomic E-state index is 13.1. The molecule has 0 aliphatic carbocycles. The fourth-order valence-electron chi connectivity index (χ4n) is 2.94. The number of methoxy groups -OCH3 is 1. The lowest BCUT2D eigenvalue weighted by molar-refractivity contribution is -0.118. The van der Waals surface area contributed by atoms with E-state index in [4.69, 9.17) is 9.72 Å². The predicted octanol–water partition coefficient (Wildman–Crippen LogP) is 5.96. The Kier molecular flexibility index (Phi) is 10.6. The number of hydrogen-bond donors (Lipinski definition) is 0. The second kappa shape index (κ2) is 12.6. The first-order valence-electron chi connectivity index (χ1n) is 9.74. The van der Waals surface area contributed by atoms with Gasteiger partial charge in [0.1, 0.15) is 5.75 Å². The molecule has 168 valence electrons. The van der Waals surface area contributed by atoms with Crippen LogP contribution in [0, 0.1) is 0 Å². The van der Waals surface area contributed by atoms with Crippen LogP contribution in [0.15, 0.2) is 51.8 Å². The molecular weight excluding hydrogens is 518 g/mol. The number of amides is 1. The van der Waals surface area contributed by atoms with Crippen molar-refractivity contribution in [2.75, 3.05) is 44.9 Å².